The van der Waals surface area contributed by atoms with Gasteiger partial charge in [-0.25, -0.2) is 22.8 Å². The van der Waals surface area contributed by atoms with Crippen molar-refractivity contribution in [2.24, 2.45) is 5.92 Å². The molecule has 0 spiro atoms. The highest BCUT2D eigenvalue weighted by atomic mass is 32.2. The summed E-state index contributed by atoms with van der Waals surface area (Å²) in [6.07, 6.45) is 6.95. The molecule has 15 nitrogen and oxygen atoms in total. The van der Waals surface area contributed by atoms with E-state index < -0.39 is 73.9 Å². The molecule has 54 heavy (non-hydrogen) atoms. The molecule has 7 rings (SSSR count). The van der Waals surface area contributed by atoms with Gasteiger partial charge < -0.3 is 24.8 Å². The average molecular weight is 766 g/mol. The minimum Gasteiger partial charge on any atom is -0.471 e. The van der Waals surface area contributed by atoms with Crippen molar-refractivity contribution in [1.29, 1.82) is 0 Å². The number of hydrogen-bond donors (Lipinski definition) is 3. The number of halogens is 1. The predicted molar refractivity (Wildman–Crippen MR) is 192 cm³/mol. The van der Waals surface area contributed by atoms with Crippen molar-refractivity contribution in [2.45, 2.75) is 114 Å². The standard InChI is InChI=1S/C37H44FN7O8S/c1-20-22(3)53-43-30(20)32(47)40-27-11-9-7-5-6-8-10-23-18-37(23,35(49)44-54(50,51)36(4)14-15-36)42-31(46)29-17-25(19-45(29)34(27)48)52-33-21(2)39-26-13-12-24(38)16-28(26)41-33/h8,10,12-13,16,23,25,27,29H,5-7,9,11,14-15,17-19H2,1-4H3,(H,40,47)(H,42,46)(H,44,49). The summed E-state index contributed by atoms with van der Waals surface area (Å²) < 4.78 is 52.9. The van der Waals surface area contributed by atoms with Crippen molar-refractivity contribution in [3.05, 3.63) is 58.9 Å². The van der Waals surface area contributed by atoms with Gasteiger partial charge in [-0.05, 0) is 78.4 Å². The van der Waals surface area contributed by atoms with Crippen LogP contribution in [-0.4, -0.2) is 87.1 Å². The van der Waals surface area contributed by atoms with Crippen LogP contribution in [0.2, 0.25) is 0 Å². The first kappa shape index (κ1) is 37.4. The summed E-state index contributed by atoms with van der Waals surface area (Å²) in [6, 6.07) is 1.77. The Bertz CT molecular complexity index is 2170. The van der Waals surface area contributed by atoms with Gasteiger partial charge in [0.05, 0.1) is 22.3 Å². The van der Waals surface area contributed by atoms with Crippen LogP contribution in [0.5, 0.6) is 5.88 Å². The second-order valence-corrected chi connectivity index (χ2v) is 17.4. The molecule has 0 radical (unpaired) electrons. The van der Waals surface area contributed by atoms with Crippen LogP contribution in [0.3, 0.4) is 0 Å². The lowest BCUT2D eigenvalue weighted by molar-refractivity contribution is -0.141. The summed E-state index contributed by atoms with van der Waals surface area (Å²) in [6.45, 7) is 6.52. The van der Waals surface area contributed by atoms with E-state index in [1.54, 1.807) is 27.7 Å². The summed E-state index contributed by atoms with van der Waals surface area (Å²) in [5.74, 6) is -3.07. The molecule has 2 aliphatic heterocycles. The molecular formula is C37H44FN7O8S. The van der Waals surface area contributed by atoms with Crippen LogP contribution in [0, 0.1) is 32.5 Å². The quantitative estimate of drug-likeness (QED) is 0.298. The van der Waals surface area contributed by atoms with Gasteiger partial charge in [0.2, 0.25) is 27.7 Å². The fraction of sp³-hybridized carbons (Fsp3) is 0.541. The van der Waals surface area contributed by atoms with Crippen LogP contribution in [-0.2, 0) is 24.4 Å². The maximum Gasteiger partial charge on any atom is 0.274 e. The number of nitrogens with zero attached hydrogens (tertiary/aromatic N) is 4. The van der Waals surface area contributed by atoms with Gasteiger partial charge in [-0.3, -0.25) is 23.9 Å². The maximum absolute atomic E-state index is 14.5. The average Bonchev–Trinajstić information content (AvgIpc) is 3.95. The monoisotopic (exact) mass is 765 g/mol. The van der Waals surface area contributed by atoms with E-state index in [1.807, 2.05) is 12.2 Å². The van der Waals surface area contributed by atoms with Crippen LogP contribution in [0.25, 0.3) is 11.0 Å². The van der Waals surface area contributed by atoms with Crippen LogP contribution >= 0.6 is 0 Å². The Morgan fingerprint density at radius 2 is 1.87 bits per heavy atom. The first-order valence-electron chi connectivity index (χ1n) is 18.3. The number of benzene rings is 1. The van der Waals surface area contributed by atoms with Gasteiger partial charge in [-0.1, -0.05) is 30.2 Å². The number of allylic oxidation sites excluding steroid dienone is 1. The van der Waals surface area contributed by atoms with E-state index in [9.17, 15) is 32.0 Å². The molecule has 2 aromatic heterocycles. The van der Waals surface area contributed by atoms with Crippen molar-refractivity contribution in [1.82, 2.24) is 35.4 Å². The second kappa shape index (κ2) is 14.0. The molecule has 4 heterocycles. The van der Waals surface area contributed by atoms with E-state index in [0.717, 1.165) is 12.8 Å². The van der Waals surface area contributed by atoms with Gasteiger partial charge in [-0.15, -0.1) is 0 Å². The highest BCUT2D eigenvalue weighted by molar-refractivity contribution is 7.91. The summed E-state index contributed by atoms with van der Waals surface area (Å²) in [7, 11) is -4.01. The molecule has 0 bridgehead atoms. The zero-order chi connectivity index (χ0) is 38.6. The van der Waals surface area contributed by atoms with Crippen LogP contribution in [0.15, 0.2) is 34.9 Å². The molecule has 3 aromatic rings. The third kappa shape index (κ3) is 7.17. The van der Waals surface area contributed by atoms with E-state index >= 15 is 0 Å². The van der Waals surface area contributed by atoms with E-state index in [2.05, 4.69) is 30.5 Å². The number of fused-ring (bicyclic) bond motifs is 3. The predicted octanol–water partition coefficient (Wildman–Crippen LogP) is 3.22. The van der Waals surface area contributed by atoms with Gasteiger partial charge in [0, 0.05) is 24.0 Å². The number of ether oxygens (including phenoxy) is 1. The lowest BCUT2D eigenvalue weighted by Gasteiger charge is -2.30. The van der Waals surface area contributed by atoms with Gasteiger partial charge >= 0.3 is 0 Å². The van der Waals surface area contributed by atoms with Crippen molar-refractivity contribution in [3.8, 4) is 5.88 Å². The SMILES string of the molecule is Cc1nc2ccc(F)cc2nc1OC1CC2C(=O)NC3(C(=O)NS(=O)(=O)C4(C)CC4)CC3C=CCCCCCC(NC(=O)c3noc(C)c3C)C(=O)N2C1. The summed E-state index contributed by atoms with van der Waals surface area (Å²) in [5, 5.41) is 9.54. The lowest BCUT2D eigenvalue weighted by atomic mass is 10.0. The molecule has 5 unspecified atom stereocenters. The minimum absolute atomic E-state index is 0.0310. The molecule has 4 aliphatic rings. The maximum atomic E-state index is 14.5. The summed E-state index contributed by atoms with van der Waals surface area (Å²) in [5.41, 5.74) is 0.145. The summed E-state index contributed by atoms with van der Waals surface area (Å²) in [4.78, 5) is 66.5. The number of aryl methyl sites for hydroxylation is 2. The number of rotatable bonds is 7. The largest absolute Gasteiger partial charge is 0.471 e. The van der Waals surface area contributed by atoms with Crippen LogP contribution in [0.4, 0.5) is 4.39 Å². The molecule has 288 valence electrons. The first-order valence-corrected chi connectivity index (χ1v) is 19.8. The van der Waals surface area contributed by atoms with Crippen molar-refractivity contribution in [2.75, 3.05) is 6.54 Å². The fourth-order valence-electron chi connectivity index (χ4n) is 7.17. The molecule has 3 fully saturated rings. The Kier molecular flexibility index (Phi) is 9.73. The van der Waals surface area contributed by atoms with E-state index in [4.69, 9.17) is 9.26 Å². The molecule has 17 heteroatoms. The minimum atomic E-state index is -4.01. The fourth-order valence-corrected chi connectivity index (χ4v) is 8.48. The first-order chi connectivity index (χ1) is 25.6. The molecule has 1 aromatic carbocycles. The van der Waals surface area contributed by atoms with Crippen molar-refractivity contribution < 1.29 is 41.2 Å². The van der Waals surface area contributed by atoms with Gasteiger partial charge in [0.1, 0.15) is 41.0 Å². The highest BCUT2D eigenvalue weighted by Crippen LogP contribution is 2.47. The van der Waals surface area contributed by atoms with Crippen LogP contribution < -0.4 is 20.1 Å². The Balaban J connectivity index is 1.20. The number of carbonyl (C=O) groups is 4. The molecule has 4 amide bonds. The zero-order valence-corrected chi connectivity index (χ0v) is 31.4. The third-order valence-corrected chi connectivity index (χ3v) is 13.3. The number of carbonyl (C=O) groups excluding carboxylic acids is 4. The molecule has 1 saturated heterocycles. The van der Waals surface area contributed by atoms with E-state index in [-0.39, 0.29) is 42.9 Å². The Morgan fingerprint density at radius 1 is 1.09 bits per heavy atom. The van der Waals surface area contributed by atoms with E-state index in [1.165, 1.54) is 23.1 Å². The zero-order valence-electron chi connectivity index (χ0n) is 30.6. The van der Waals surface area contributed by atoms with Gasteiger partial charge in [-0.2, -0.15) is 0 Å². The van der Waals surface area contributed by atoms with Crippen LogP contribution in [0.1, 0.15) is 92.2 Å². The Morgan fingerprint density at radius 3 is 2.59 bits per heavy atom. The molecule has 2 aliphatic carbocycles. The number of sulfonamides is 1. The Labute approximate surface area is 311 Å². The smallest absolute Gasteiger partial charge is 0.274 e. The number of amides is 4. The van der Waals surface area contributed by atoms with Crippen molar-refractivity contribution in [3.63, 3.8) is 0 Å². The molecular weight excluding hydrogens is 722 g/mol. The van der Waals surface area contributed by atoms with E-state index in [0.29, 0.717) is 48.2 Å². The third-order valence-electron chi connectivity index (χ3n) is 11.2. The molecule has 3 N–H and O–H groups in total. The number of nitrogens with one attached hydrogen (secondary N) is 3. The number of hydrogen-bond acceptors (Lipinski definition) is 11. The second-order valence-electron chi connectivity index (χ2n) is 15.2. The molecule has 5 atom stereocenters. The molecule has 2 saturated carbocycles. The normalized spacial score (nSPS) is 26.9. The van der Waals surface area contributed by atoms with Gasteiger partial charge in [0.25, 0.3) is 11.8 Å². The van der Waals surface area contributed by atoms with Crippen molar-refractivity contribution >= 4 is 44.7 Å². The number of aromatic nitrogens is 3. The Hall–Kier alpha value is -4.93. The highest BCUT2D eigenvalue weighted by Gasteiger charge is 2.63. The topological polar surface area (TPSA) is 203 Å². The lowest BCUT2D eigenvalue weighted by Crippen LogP contribution is -2.58. The summed E-state index contributed by atoms with van der Waals surface area (Å²) >= 11 is 0. The van der Waals surface area contributed by atoms with Gasteiger partial charge in [0.15, 0.2) is 5.69 Å².